The Morgan fingerprint density at radius 1 is 1.27 bits per heavy atom. The van der Waals surface area contributed by atoms with Crippen LogP contribution < -0.4 is 10.1 Å². The third kappa shape index (κ3) is 5.23. The van der Waals surface area contributed by atoms with Gasteiger partial charge in [0.1, 0.15) is 5.75 Å². The van der Waals surface area contributed by atoms with Gasteiger partial charge in [-0.25, -0.2) is 0 Å². The first kappa shape index (κ1) is 20.8. The zero-order valence-electron chi connectivity index (χ0n) is 15.7. The van der Waals surface area contributed by atoms with Crippen molar-refractivity contribution in [3.8, 4) is 5.75 Å². The maximum Gasteiger partial charge on any atom is 0.193 e. The molecule has 0 amide bonds. The third-order valence-corrected chi connectivity index (χ3v) is 4.69. The Morgan fingerprint density at radius 2 is 2.04 bits per heavy atom. The van der Waals surface area contributed by atoms with E-state index in [4.69, 9.17) is 9.47 Å². The summed E-state index contributed by atoms with van der Waals surface area (Å²) in [7, 11) is 5.61. The number of hydrogen-bond donors (Lipinski definition) is 1. The molecular formula is C20H28IN3O2. The van der Waals surface area contributed by atoms with Crippen LogP contribution in [0.15, 0.2) is 41.4 Å². The van der Waals surface area contributed by atoms with Crippen molar-refractivity contribution in [2.24, 2.45) is 10.9 Å². The molecule has 2 aromatic rings. The number of fused-ring (bicyclic) bond motifs is 1. The van der Waals surface area contributed by atoms with Crippen LogP contribution in [-0.4, -0.2) is 51.8 Å². The summed E-state index contributed by atoms with van der Waals surface area (Å²) in [5.41, 5.74) is 1.23. The van der Waals surface area contributed by atoms with Crippen molar-refractivity contribution >= 4 is 40.7 Å². The molecule has 1 fully saturated rings. The number of nitrogens with zero attached hydrogens (tertiary/aromatic N) is 2. The molecule has 0 aromatic heterocycles. The minimum absolute atomic E-state index is 0. The predicted octanol–water partition coefficient (Wildman–Crippen LogP) is 3.51. The highest BCUT2D eigenvalue weighted by Crippen LogP contribution is 2.22. The number of hydrogen-bond acceptors (Lipinski definition) is 3. The zero-order chi connectivity index (χ0) is 17.6. The molecule has 3 rings (SSSR count). The molecule has 0 radical (unpaired) electrons. The molecule has 0 aliphatic carbocycles. The molecule has 1 aliphatic rings. The van der Waals surface area contributed by atoms with Crippen molar-refractivity contribution in [3.63, 3.8) is 0 Å². The maximum atomic E-state index is 5.46. The van der Waals surface area contributed by atoms with Gasteiger partial charge in [0.2, 0.25) is 0 Å². The summed E-state index contributed by atoms with van der Waals surface area (Å²) in [5.74, 6) is 2.40. The lowest BCUT2D eigenvalue weighted by atomic mass is 10.1. The van der Waals surface area contributed by atoms with E-state index < -0.39 is 0 Å². The Bertz CT molecular complexity index is 745. The number of ether oxygens (including phenoxy) is 2. The number of benzene rings is 2. The summed E-state index contributed by atoms with van der Waals surface area (Å²) in [5, 5.41) is 5.86. The van der Waals surface area contributed by atoms with Crippen LogP contribution in [0.2, 0.25) is 0 Å². The fourth-order valence-electron chi connectivity index (χ4n) is 3.28. The van der Waals surface area contributed by atoms with Gasteiger partial charge in [0.05, 0.1) is 13.7 Å². The first-order chi connectivity index (χ1) is 12.2. The van der Waals surface area contributed by atoms with E-state index in [2.05, 4.69) is 52.6 Å². The molecule has 2 aromatic carbocycles. The van der Waals surface area contributed by atoms with Gasteiger partial charge in [-0.05, 0) is 41.0 Å². The highest BCUT2D eigenvalue weighted by molar-refractivity contribution is 14.0. The molecule has 1 atom stereocenters. The van der Waals surface area contributed by atoms with Crippen LogP contribution in [0.3, 0.4) is 0 Å². The van der Waals surface area contributed by atoms with Crippen molar-refractivity contribution in [3.05, 3.63) is 42.0 Å². The third-order valence-electron chi connectivity index (χ3n) is 4.69. The Labute approximate surface area is 172 Å². The molecule has 0 bridgehead atoms. The molecule has 142 valence electrons. The number of nitrogens with one attached hydrogen (secondary N) is 1. The maximum absolute atomic E-state index is 5.46. The molecule has 6 heteroatoms. The van der Waals surface area contributed by atoms with Gasteiger partial charge in [-0.2, -0.15) is 0 Å². The Balaban J connectivity index is 0.00000243. The Morgan fingerprint density at radius 3 is 2.73 bits per heavy atom. The monoisotopic (exact) mass is 469 g/mol. The molecule has 26 heavy (non-hydrogen) atoms. The van der Waals surface area contributed by atoms with Gasteiger partial charge in [-0.3, -0.25) is 4.99 Å². The summed E-state index contributed by atoms with van der Waals surface area (Å²) in [6.45, 7) is 3.46. The molecule has 5 nitrogen and oxygen atoms in total. The fraction of sp³-hybridized carbons (Fsp3) is 0.450. The number of rotatable bonds is 5. The Hall–Kier alpha value is -1.54. The number of guanidine groups is 1. The SMILES string of the molecule is CN=C(NCc1ccc2cc(OC)ccc2c1)N(C)CC1CCOC1.I. The number of aliphatic imine (C=N–C) groups is 1. The van der Waals surface area contributed by atoms with E-state index in [1.807, 2.05) is 13.1 Å². The highest BCUT2D eigenvalue weighted by Gasteiger charge is 2.18. The number of methoxy groups -OCH3 is 1. The van der Waals surface area contributed by atoms with Crippen LogP contribution in [0.25, 0.3) is 10.8 Å². The second-order valence-electron chi connectivity index (χ2n) is 6.56. The van der Waals surface area contributed by atoms with Gasteiger partial charge in [-0.1, -0.05) is 18.2 Å². The van der Waals surface area contributed by atoms with Gasteiger partial charge in [0.25, 0.3) is 0 Å². The van der Waals surface area contributed by atoms with Crippen LogP contribution in [0.5, 0.6) is 5.75 Å². The van der Waals surface area contributed by atoms with Crippen molar-refractivity contribution in [2.75, 3.05) is 41.0 Å². The average molecular weight is 469 g/mol. The molecule has 1 saturated heterocycles. The van der Waals surface area contributed by atoms with E-state index in [1.165, 1.54) is 16.3 Å². The van der Waals surface area contributed by atoms with Crippen LogP contribution in [0, 0.1) is 5.92 Å². The van der Waals surface area contributed by atoms with Gasteiger partial charge in [0.15, 0.2) is 5.96 Å². The largest absolute Gasteiger partial charge is 0.497 e. The first-order valence-corrected chi connectivity index (χ1v) is 8.76. The van der Waals surface area contributed by atoms with E-state index in [1.54, 1.807) is 7.11 Å². The zero-order valence-corrected chi connectivity index (χ0v) is 18.0. The van der Waals surface area contributed by atoms with Gasteiger partial charge in [-0.15, -0.1) is 24.0 Å². The smallest absolute Gasteiger partial charge is 0.193 e. The predicted molar refractivity (Wildman–Crippen MR) is 118 cm³/mol. The molecule has 0 saturated carbocycles. The van der Waals surface area contributed by atoms with Crippen LogP contribution >= 0.6 is 24.0 Å². The van der Waals surface area contributed by atoms with E-state index in [9.17, 15) is 0 Å². The van der Waals surface area contributed by atoms with Gasteiger partial charge < -0.3 is 19.7 Å². The molecule has 0 spiro atoms. The minimum Gasteiger partial charge on any atom is -0.497 e. The standard InChI is InChI=1S/C20H27N3O2.HI/c1-21-20(23(2)13-16-8-9-25-14-16)22-12-15-4-5-18-11-19(24-3)7-6-17(18)10-15;/h4-7,10-11,16H,8-9,12-14H2,1-3H3,(H,21,22);1H. The first-order valence-electron chi connectivity index (χ1n) is 8.76. The lowest BCUT2D eigenvalue weighted by molar-refractivity contribution is 0.181. The van der Waals surface area contributed by atoms with Crippen LogP contribution in [-0.2, 0) is 11.3 Å². The molecular weight excluding hydrogens is 441 g/mol. The van der Waals surface area contributed by atoms with Gasteiger partial charge >= 0.3 is 0 Å². The van der Waals surface area contributed by atoms with E-state index in [-0.39, 0.29) is 24.0 Å². The van der Waals surface area contributed by atoms with Crippen molar-refractivity contribution in [1.29, 1.82) is 0 Å². The topological polar surface area (TPSA) is 46.1 Å². The van der Waals surface area contributed by atoms with E-state index >= 15 is 0 Å². The molecule has 1 aliphatic heterocycles. The van der Waals surface area contributed by atoms with Gasteiger partial charge in [0, 0.05) is 39.7 Å². The number of halogens is 1. The summed E-state index contributed by atoms with van der Waals surface area (Å²) in [6, 6.07) is 12.6. The highest BCUT2D eigenvalue weighted by atomic mass is 127. The normalized spacial score (nSPS) is 17.0. The minimum atomic E-state index is 0. The molecule has 1 N–H and O–H groups in total. The van der Waals surface area contributed by atoms with Crippen molar-refractivity contribution in [1.82, 2.24) is 10.2 Å². The van der Waals surface area contributed by atoms with Crippen molar-refractivity contribution < 1.29 is 9.47 Å². The van der Waals surface area contributed by atoms with E-state index in [0.717, 1.165) is 44.4 Å². The van der Waals surface area contributed by atoms with E-state index in [0.29, 0.717) is 5.92 Å². The fourth-order valence-corrected chi connectivity index (χ4v) is 3.28. The van der Waals surface area contributed by atoms with Crippen LogP contribution in [0.4, 0.5) is 0 Å². The second kappa shape index (κ2) is 9.97. The summed E-state index contributed by atoms with van der Waals surface area (Å²) in [6.07, 6.45) is 1.13. The molecule has 1 heterocycles. The second-order valence-corrected chi connectivity index (χ2v) is 6.56. The molecule has 1 unspecified atom stereocenters. The van der Waals surface area contributed by atoms with Crippen LogP contribution in [0.1, 0.15) is 12.0 Å². The lowest BCUT2D eigenvalue weighted by Gasteiger charge is -2.24. The van der Waals surface area contributed by atoms with Crippen molar-refractivity contribution in [2.45, 2.75) is 13.0 Å². The average Bonchev–Trinajstić information content (AvgIpc) is 3.14. The summed E-state index contributed by atoms with van der Waals surface area (Å²) >= 11 is 0. The summed E-state index contributed by atoms with van der Waals surface area (Å²) in [4.78, 5) is 6.59. The summed E-state index contributed by atoms with van der Waals surface area (Å²) < 4.78 is 10.7. The quantitative estimate of drug-likeness (QED) is 0.414. The Kier molecular flexibility index (Phi) is 7.96. The lowest BCUT2D eigenvalue weighted by Crippen LogP contribution is -2.41.